The molecular weight excluding hydrogens is 342 g/mol. The van der Waals surface area contributed by atoms with Crippen LogP contribution >= 0.6 is 0 Å². The highest BCUT2D eigenvalue weighted by Gasteiger charge is 2.49. The molecule has 2 N–H and O–H groups in total. The van der Waals surface area contributed by atoms with E-state index in [0.29, 0.717) is 25.8 Å². The molecular formula is C21H27N3O3. The summed E-state index contributed by atoms with van der Waals surface area (Å²) in [5, 5.41) is 5.88. The third kappa shape index (κ3) is 4.04. The monoisotopic (exact) mass is 369 g/mol. The maximum Gasteiger partial charge on any atom is 0.246 e. The van der Waals surface area contributed by atoms with E-state index in [1.807, 2.05) is 30.3 Å². The minimum Gasteiger partial charge on any atom is -0.352 e. The number of fused-ring (bicyclic) bond motifs is 1. The molecule has 6 heteroatoms. The fraction of sp³-hybridized carbons (Fsp3) is 0.476. The Labute approximate surface area is 160 Å². The van der Waals surface area contributed by atoms with E-state index in [0.717, 1.165) is 24.8 Å². The smallest absolute Gasteiger partial charge is 0.246 e. The van der Waals surface area contributed by atoms with Crippen LogP contribution in [0.25, 0.3) is 0 Å². The maximum absolute atomic E-state index is 13.2. The molecule has 2 aliphatic heterocycles. The van der Waals surface area contributed by atoms with Crippen molar-refractivity contribution in [3.8, 4) is 0 Å². The molecule has 0 spiro atoms. The summed E-state index contributed by atoms with van der Waals surface area (Å²) in [5.74, 6) is -0.313. The van der Waals surface area contributed by atoms with Crippen molar-refractivity contribution >= 4 is 17.7 Å². The van der Waals surface area contributed by atoms with Crippen LogP contribution in [0, 0.1) is 0 Å². The van der Waals surface area contributed by atoms with E-state index < -0.39 is 5.54 Å². The Bertz CT molecular complexity index is 719. The van der Waals surface area contributed by atoms with Crippen molar-refractivity contribution in [3.05, 3.63) is 48.6 Å². The topological polar surface area (TPSA) is 78.5 Å². The minimum atomic E-state index is -0.725. The number of carbonyl (C=O) groups is 3. The Balaban J connectivity index is 1.74. The average Bonchev–Trinajstić information content (AvgIpc) is 3.07. The average molecular weight is 369 g/mol. The van der Waals surface area contributed by atoms with E-state index in [4.69, 9.17) is 0 Å². The normalized spacial score (nSPS) is 23.1. The largest absolute Gasteiger partial charge is 0.352 e. The van der Waals surface area contributed by atoms with Crippen LogP contribution in [0.1, 0.15) is 50.1 Å². The summed E-state index contributed by atoms with van der Waals surface area (Å²) >= 11 is 0. The van der Waals surface area contributed by atoms with Crippen molar-refractivity contribution < 1.29 is 14.4 Å². The fourth-order valence-corrected chi connectivity index (χ4v) is 4.21. The van der Waals surface area contributed by atoms with Gasteiger partial charge in [0.05, 0.1) is 6.04 Å². The van der Waals surface area contributed by atoms with Gasteiger partial charge in [-0.05, 0) is 37.3 Å². The zero-order valence-corrected chi connectivity index (χ0v) is 15.6. The molecule has 0 saturated carbocycles. The molecule has 27 heavy (non-hydrogen) atoms. The van der Waals surface area contributed by atoms with Crippen molar-refractivity contribution in [3.63, 3.8) is 0 Å². The van der Waals surface area contributed by atoms with Crippen LogP contribution in [0.5, 0.6) is 0 Å². The Morgan fingerprint density at radius 1 is 1.19 bits per heavy atom. The first-order chi connectivity index (χ1) is 13.1. The molecule has 1 aromatic carbocycles. The Morgan fingerprint density at radius 2 is 1.93 bits per heavy atom. The highest BCUT2D eigenvalue weighted by Crippen LogP contribution is 2.37. The molecule has 0 aromatic heterocycles. The number of carbonyl (C=O) groups excluding carboxylic acids is 3. The van der Waals surface area contributed by atoms with Gasteiger partial charge in [0, 0.05) is 19.5 Å². The van der Waals surface area contributed by atoms with Crippen molar-refractivity contribution in [2.24, 2.45) is 0 Å². The first kappa shape index (κ1) is 19.1. The standard InChI is InChI=1S/C21H27N3O3/c1-2-18(25)23-17(16-9-4-3-5-10-16)15-22-20(27)21-12-7-6-11-19(26)24(21)14-8-13-21/h2-5,9-10,17H,1,6-8,11-15H2,(H,22,27)(H,23,25). The lowest BCUT2D eigenvalue weighted by Crippen LogP contribution is -2.57. The minimum absolute atomic E-state index is 0.0831. The molecule has 144 valence electrons. The molecule has 2 atom stereocenters. The molecule has 1 aromatic rings. The zero-order chi connectivity index (χ0) is 19.3. The van der Waals surface area contributed by atoms with Gasteiger partial charge >= 0.3 is 0 Å². The lowest BCUT2D eigenvalue weighted by Gasteiger charge is -2.36. The Morgan fingerprint density at radius 3 is 2.67 bits per heavy atom. The molecule has 2 heterocycles. The summed E-state index contributed by atoms with van der Waals surface area (Å²) in [5.41, 5.74) is 0.183. The molecule has 0 radical (unpaired) electrons. The first-order valence-electron chi connectivity index (χ1n) is 9.63. The molecule has 0 aliphatic carbocycles. The fourth-order valence-electron chi connectivity index (χ4n) is 4.21. The molecule has 3 rings (SSSR count). The zero-order valence-electron chi connectivity index (χ0n) is 15.6. The van der Waals surface area contributed by atoms with E-state index in [1.54, 1.807) is 4.90 Å². The maximum atomic E-state index is 13.2. The third-order valence-electron chi connectivity index (χ3n) is 5.61. The van der Waals surface area contributed by atoms with Gasteiger partial charge < -0.3 is 15.5 Å². The van der Waals surface area contributed by atoms with Crippen molar-refractivity contribution in [2.75, 3.05) is 13.1 Å². The molecule has 0 bridgehead atoms. The van der Waals surface area contributed by atoms with E-state index in [1.165, 1.54) is 6.08 Å². The lowest BCUT2D eigenvalue weighted by molar-refractivity contribution is -0.144. The van der Waals surface area contributed by atoms with Crippen LogP contribution in [-0.2, 0) is 14.4 Å². The molecule has 2 fully saturated rings. The number of rotatable bonds is 6. The van der Waals surface area contributed by atoms with E-state index in [-0.39, 0.29) is 30.3 Å². The summed E-state index contributed by atoms with van der Waals surface area (Å²) < 4.78 is 0. The van der Waals surface area contributed by atoms with Crippen LogP contribution in [0.3, 0.4) is 0 Å². The van der Waals surface area contributed by atoms with Crippen LogP contribution < -0.4 is 10.6 Å². The van der Waals surface area contributed by atoms with Gasteiger partial charge in [0.15, 0.2) is 0 Å². The van der Waals surface area contributed by atoms with Gasteiger partial charge in [-0.1, -0.05) is 43.3 Å². The highest BCUT2D eigenvalue weighted by atomic mass is 16.2. The van der Waals surface area contributed by atoms with E-state index >= 15 is 0 Å². The summed E-state index contributed by atoms with van der Waals surface area (Å²) in [6.07, 6.45) is 5.74. The SMILES string of the molecule is C=CC(=O)NC(CNC(=O)C12CCCCC(=O)N1CCC2)c1ccccc1. The van der Waals surface area contributed by atoms with Crippen molar-refractivity contribution in [2.45, 2.75) is 50.1 Å². The summed E-state index contributed by atoms with van der Waals surface area (Å²) in [6.45, 7) is 4.42. The molecule has 2 aliphatic rings. The first-order valence-corrected chi connectivity index (χ1v) is 9.63. The Hall–Kier alpha value is -2.63. The summed E-state index contributed by atoms with van der Waals surface area (Å²) in [7, 11) is 0. The van der Waals surface area contributed by atoms with Gasteiger partial charge in [0.1, 0.15) is 5.54 Å². The predicted octanol–water partition coefficient (Wildman–Crippen LogP) is 2.08. The Kier molecular flexibility index (Phi) is 5.94. The molecule has 2 unspecified atom stereocenters. The van der Waals surface area contributed by atoms with Crippen molar-refractivity contribution in [1.29, 1.82) is 0 Å². The van der Waals surface area contributed by atoms with Gasteiger partial charge in [0.25, 0.3) is 0 Å². The second kappa shape index (κ2) is 8.37. The lowest BCUT2D eigenvalue weighted by atomic mass is 9.89. The van der Waals surface area contributed by atoms with Crippen molar-refractivity contribution in [1.82, 2.24) is 15.5 Å². The predicted molar refractivity (Wildman–Crippen MR) is 103 cm³/mol. The van der Waals surface area contributed by atoms with Gasteiger partial charge in [-0.25, -0.2) is 0 Å². The number of hydrogen-bond donors (Lipinski definition) is 2. The number of nitrogens with zero attached hydrogens (tertiary/aromatic N) is 1. The van der Waals surface area contributed by atoms with Gasteiger partial charge in [0.2, 0.25) is 17.7 Å². The quantitative estimate of drug-likeness (QED) is 0.754. The van der Waals surface area contributed by atoms with E-state index in [2.05, 4.69) is 17.2 Å². The number of benzene rings is 1. The number of nitrogens with one attached hydrogen (secondary N) is 2. The van der Waals surface area contributed by atoms with Gasteiger partial charge in [-0.2, -0.15) is 0 Å². The molecule has 6 nitrogen and oxygen atoms in total. The third-order valence-corrected chi connectivity index (χ3v) is 5.61. The number of amides is 3. The molecule has 2 saturated heterocycles. The van der Waals surface area contributed by atoms with Gasteiger partial charge in [-0.3, -0.25) is 14.4 Å². The van der Waals surface area contributed by atoms with Gasteiger partial charge in [-0.15, -0.1) is 0 Å². The van der Waals surface area contributed by atoms with Crippen LogP contribution in [0.15, 0.2) is 43.0 Å². The molecule has 3 amide bonds. The summed E-state index contributed by atoms with van der Waals surface area (Å²) in [6, 6.07) is 9.16. The second-order valence-corrected chi connectivity index (χ2v) is 7.27. The number of hydrogen-bond acceptors (Lipinski definition) is 3. The second-order valence-electron chi connectivity index (χ2n) is 7.27. The highest BCUT2D eigenvalue weighted by molar-refractivity contribution is 5.92. The van der Waals surface area contributed by atoms with Crippen LogP contribution in [-0.4, -0.2) is 41.2 Å². The van der Waals surface area contributed by atoms with Crippen LogP contribution in [0.4, 0.5) is 0 Å². The van der Waals surface area contributed by atoms with E-state index in [9.17, 15) is 14.4 Å². The summed E-state index contributed by atoms with van der Waals surface area (Å²) in [4.78, 5) is 39.2. The van der Waals surface area contributed by atoms with Crippen LogP contribution in [0.2, 0.25) is 0 Å².